The maximum Gasteiger partial charge on any atom is 0.251 e. The van der Waals surface area contributed by atoms with Crippen LogP contribution in [-0.2, 0) is 11.3 Å². The molecule has 0 aliphatic carbocycles. The fourth-order valence-corrected chi connectivity index (χ4v) is 2.68. The molecule has 1 heterocycles. The van der Waals surface area contributed by atoms with E-state index in [1.54, 1.807) is 60.3 Å². The van der Waals surface area contributed by atoms with Crippen LogP contribution in [0.3, 0.4) is 0 Å². The molecule has 138 valence electrons. The number of hydrogen-bond donors (Lipinski definition) is 2. The van der Waals surface area contributed by atoms with E-state index in [0.29, 0.717) is 28.3 Å². The summed E-state index contributed by atoms with van der Waals surface area (Å²) in [7, 11) is 0. The molecule has 0 atom stereocenters. The second-order valence-electron chi connectivity index (χ2n) is 6.07. The Morgan fingerprint density at radius 3 is 2.48 bits per heavy atom. The van der Waals surface area contributed by atoms with Gasteiger partial charge in [-0.2, -0.15) is 0 Å². The molecule has 0 fully saturated rings. The topological polar surface area (TPSA) is 76.0 Å². The van der Waals surface area contributed by atoms with Gasteiger partial charge in [0.1, 0.15) is 11.6 Å². The van der Waals surface area contributed by atoms with Crippen LogP contribution in [-0.4, -0.2) is 21.4 Å². The molecule has 1 aromatic heterocycles. The highest BCUT2D eigenvalue weighted by Crippen LogP contribution is 2.17. The van der Waals surface area contributed by atoms with Crippen LogP contribution in [0.5, 0.6) is 0 Å². The predicted molar refractivity (Wildman–Crippen MR) is 100 cm³/mol. The molecule has 3 aromatic rings. The van der Waals surface area contributed by atoms with E-state index in [1.807, 2.05) is 0 Å². The molecule has 0 radical (unpaired) electrons. The highest BCUT2D eigenvalue weighted by molar-refractivity contribution is 5.95. The van der Waals surface area contributed by atoms with Crippen molar-refractivity contribution in [2.24, 2.45) is 0 Å². The Morgan fingerprint density at radius 1 is 1.15 bits per heavy atom. The number of nitrogens with zero attached hydrogens (tertiary/aromatic N) is 2. The normalized spacial score (nSPS) is 10.5. The number of nitrogens with one attached hydrogen (secondary N) is 2. The van der Waals surface area contributed by atoms with Gasteiger partial charge in [-0.15, -0.1) is 0 Å². The Kier molecular flexibility index (Phi) is 5.30. The fourth-order valence-electron chi connectivity index (χ4n) is 2.68. The average molecular weight is 366 g/mol. The monoisotopic (exact) mass is 366 g/mol. The molecule has 0 aliphatic heterocycles. The van der Waals surface area contributed by atoms with Crippen molar-refractivity contribution < 1.29 is 14.0 Å². The molecule has 0 aliphatic rings. The molecule has 7 heteroatoms. The third-order valence-electron chi connectivity index (χ3n) is 4.02. The largest absolute Gasteiger partial charge is 0.348 e. The van der Waals surface area contributed by atoms with Crippen molar-refractivity contribution in [3.8, 4) is 5.69 Å². The number of aromatic nitrogens is 2. The summed E-state index contributed by atoms with van der Waals surface area (Å²) >= 11 is 0. The summed E-state index contributed by atoms with van der Waals surface area (Å²) < 4.78 is 16.1. The maximum atomic E-state index is 14.4. The number of carbonyl (C=O) groups excluding carboxylic acids is 2. The highest BCUT2D eigenvalue weighted by atomic mass is 19.1. The van der Waals surface area contributed by atoms with E-state index in [2.05, 4.69) is 15.6 Å². The summed E-state index contributed by atoms with van der Waals surface area (Å²) in [4.78, 5) is 27.3. The first-order chi connectivity index (χ1) is 12.9. The Bertz CT molecular complexity index is 980. The van der Waals surface area contributed by atoms with Gasteiger partial charge in [0.15, 0.2) is 0 Å². The average Bonchev–Trinajstić information content (AvgIpc) is 3.05. The Balaban J connectivity index is 1.64. The van der Waals surface area contributed by atoms with Gasteiger partial charge >= 0.3 is 0 Å². The van der Waals surface area contributed by atoms with E-state index in [1.165, 1.54) is 13.0 Å². The van der Waals surface area contributed by atoms with E-state index < -0.39 is 0 Å². The number of benzene rings is 2. The molecular formula is C20H19FN4O2. The first-order valence-electron chi connectivity index (χ1n) is 8.38. The van der Waals surface area contributed by atoms with E-state index in [4.69, 9.17) is 0 Å². The molecule has 0 bridgehead atoms. The van der Waals surface area contributed by atoms with Crippen molar-refractivity contribution in [2.75, 3.05) is 5.32 Å². The third kappa shape index (κ3) is 4.38. The fraction of sp³-hybridized carbons (Fsp3) is 0.150. The lowest BCUT2D eigenvalue weighted by Crippen LogP contribution is -2.22. The number of amides is 2. The summed E-state index contributed by atoms with van der Waals surface area (Å²) in [5, 5.41) is 5.39. The molecule has 0 unspecified atom stereocenters. The molecule has 2 N–H and O–H groups in total. The van der Waals surface area contributed by atoms with Gasteiger partial charge in [0.25, 0.3) is 5.91 Å². The van der Waals surface area contributed by atoms with Gasteiger partial charge in [0.05, 0.1) is 5.69 Å². The van der Waals surface area contributed by atoms with E-state index in [-0.39, 0.29) is 24.2 Å². The van der Waals surface area contributed by atoms with Gasteiger partial charge in [-0.25, -0.2) is 9.37 Å². The SMILES string of the molecule is CC(=O)Nc1ccc(C(=O)NCc2ccc(-n3ccnc3C)c(F)c2)cc1. The van der Waals surface area contributed by atoms with E-state index in [0.717, 1.165) is 0 Å². The molecule has 27 heavy (non-hydrogen) atoms. The number of rotatable bonds is 5. The summed E-state index contributed by atoms with van der Waals surface area (Å²) in [5.41, 5.74) is 2.13. The van der Waals surface area contributed by atoms with Crippen LogP contribution in [0, 0.1) is 12.7 Å². The minimum atomic E-state index is -0.387. The van der Waals surface area contributed by atoms with Crippen molar-refractivity contribution in [1.29, 1.82) is 0 Å². The smallest absolute Gasteiger partial charge is 0.251 e. The van der Waals surface area contributed by atoms with Crippen LogP contribution in [0.4, 0.5) is 10.1 Å². The van der Waals surface area contributed by atoms with Gasteiger partial charge in [0, 0.05) is 37.1 Å². The zero-order valence-corrected chi connectivity index (χ0v) is 15.0. The van der Waals surface area contributed by atoms with Crippen molar-refractivity contribution in [2.45, 2.75) is 20.4 Å². The first kappa shape index (κ1) is 18.3. The molecule has 2 amide bonds. The molecular weight excluding hydrogens is 347 g/mol. The van der Waals surface area contributed by atoms with Crippen molar-refractivity contribution >= 4 is 17.5 Å². The summed E-state index contributed by atoms with van der Waals surface area (Å²) in [6.45, 7) is 3.41. The molecule has 6 nitrogen and oxygen atoms in total. The quantitative estimate of drug-likeness (QED) is 0.728. The summed E-state index contributed by atoms with van der Waals surface area (Å²) in [6, 6.07) is 11.4. The van der Waals surface area contributed by atoms with E-state index in [9.17, 15) is 14.0 Å². The Morgan fingerprint density at radius 2 is 1.89 bits per heavy atom. The molecule has 3 rings (SSSR count). The lowest BCUT2D eigenvalue weighted by molar-refractivity contribution is -0.114. The van der Waals surface area contributed by atoms with Gasteiger partial charge in [0.2, 0.25) is 5.91 Å². The van der Waals surface area contributed by atoms with Crippen LogP contribution in [0.15, 0.2) is 54.9 Å². The Hall–Kier alpha value is -3.48. The number of hydrogen-bond acceptors (Lipinski definition) is 3. The zero-order valence-electron chi connectivity index (χ0n) is 15.0. The number of aryl methyl sites for hydroxylation is 1. The molecule has 0 saturated carbocycles. The second-order valence-corrected chi connectivity index (χ2v) is 6.07. The van der Waals surface area contributed by atoms with Gasteiger partial charge in [-0.05, 0) is 48.9 Å². The lowest BCUT2D eigenvalue weighted by Gasteiger charge is -2.10. The molecule has 0 spiro atoms. The van der Waals surface area contributed by atoms with Crippen molar-refractivity contribution in [3.63, 3.8) is 0 Å². The van der Waals surface area contributed by atoms with E-state index >= 15 is 0 Å². The second kappa shape index (κ2) is 7.82. The van der Waals surface area contributed by atoms with Crippen molar-refractivity contribution in [3.05, 3.63) is 77.6 Å². The summed E-state index contributed by atoms with van der Waals surface area (Å²) in [5.74, 6) is -0.150. The minimum Gasteiger partial charge on any atom is -0.348 e. The predicted octanol–water partition coefficient (Wildman–Crippen LogP) is 3.21. The maximum absolute atomic E-state index is 14.4. The molecule has 2 aromatic carbocycles. The first-order valence-corrected chi connectivity index (χ1v) is 8.38. The number of imidazole rings is 1. The van der Waals surface area contributed by atoms with Crippen LogP contribution in [0.25, 0.3) is 5.69 Å². The zero-order chi connectivity index (χ0) is 19.4. The standard InChI is InChI=1S/C20H19FN4O2/c1-13-22-9-10-25(13)19-8-3-15(11-18(19)21)12-23-20(27)16-4-6-17(7-5-16)24-14(2)26/h3-11H,12H2,1-2H3,(H,23,27)(H,24,26). The van der Waals surface area contributed by atoms with Crippen LogP contribution < -0.4 is 10.6 Å². The number of carbonyl (C=O) groups is 2. The lowest BCUT2D eigenvalue weighted by atomic mass is 10.1. The number of halogens is 1. The van der Waals surface area contributed by atoms with Crippen LogP contribution in [0.2, 0.25) is 0 Å². The van der Waals surface area contributed by atoms with Crippen LogP contribution >= 0.6 is 0 Å². The van der Waals surface area contributed by atoms with Crippen molar-refractivity contribution in [1.82, 2.24) is 14.9 Å². The highest BCUT2D eigenvalue weighted by Gasteiger charge is 2.10. The summed E-state index contributed by atoms with van der Waals surface area (Å²) in [6.07, 6.45) is 3.31. The minimum absolute atomic E-state index is 0.177. The van der Waals surface area contributed by atoms with Gasteiger partial charge in [-0.1, -0.05) is 6.07 Å². The molecule has 0 saturated heterocycles. The third-order valence-corrected chi connectivity index (χ3v) is 4.02. The van der Waals surface area contributed by atoms with Gasteiger partial charge < -0.3 is 15.2 Å². The number of anilines is 1. The Labute approximate surface area is 156 Å². The van der Waals surface area contributed by atoms with Crippen LogP contribution in [0.1, 0.15) is 28.7 Å². The van der Waals surface area contributed by atoms with Gasteiger partial charge in [-0.3, -0.25) is 9.59 Å².